The molecule has 3 rings (SSSR count). The molecule has 0 spiro atoms. The predicted molar refractivity (Wildman–Crippen MR) is 84.5 cm³/mol. The number of rotatable bonds is 2. The van der Waals surface area contributed by atoms with Crippen molar-refractivity contribution in [1.82, 2.24) is 0 Å². The summed E-state index contributed by atoms with van der Waals surface area (Å²) < 4.78 is 0. The van der Waals surface area contributed by atoms with E-state index in [-0.39, 0.29) is 0 Å². The van der Waals surface area contributed by atoms with Gasteiger partial charge >= 0.3 is 0 Å². The second-order valence-corrected chi connectivity index (χ2v) is 5.87. The molecule has 0 bridgehead atoms. The third-order valence-corrected chi connectivity index (χ3v) is 4.90. The Morgan fingerprint density at radius 2 is 1.17 bits per heavy atom. The number of halogens is 2. The predicted octanol–water partition coefficient (Wildman–Crippen LogP) is 5.24. The van der Waals surface area contributed by atoms with Crippen LogP contribution in [-0.2, 0) is 23.5 Å². The second-order valence-electron chi connectivity index (χ2n) is 4.75. The van der Waals surface area contributed by atoms with E-state index in [0.29, 0.717) is 0 Å². The topological polar surface area (TPSA) is 0 Å². The monoisotopic (exact) mass is 364 g/mol. The molecule has 1 aliphatic carbocycles. The zero-order valence-electron chi connectivity index (χ0n) is 10.0. The summed E-state index contributed by atoms with van der Waals surface area (Å²) >= 11 is 7.06. The smallest absolute Gasteiger partial charge is 0.0283 e. The van der Waals surface area contributed by atoms with E-state index in [1.165, 1.54) is 33.4 Å². The van der Waals surface area contributed by atoms with Crippen LogP contribution in [0.2, 0.25) is 0 Å². The van der Waals surface area contributed by atoms with Gasteiger partial charge in [-0.1, -0.05) is 68.3 Å². The Balaban J connectivity index is 2.11. The van der Waals surface area contributed by atoms with Gasteiger partial charge in [0.05, 0.1) is 0 Å². The third kappa shape index (κ3) is 2.17. The molecule has 2 aromatic rings. The fourth-order valence-electron chi connectivity index (χ4n) is 2.67. The number of benzene rings is 2. The Kier molecular flexibility index (Phi) is 3.58. The highest BCUT2D eigenvalue weighted by Gasteiger charge is 2.16. The average Bonchev–Trinajstić information content (AvgIpc) is 2.45. The minimum absolute atomic E-state index is 0.940. The summed E-state index contributed by atoms with van der Waals surface area (Å²) in [6.07, 6.45) is 2.32. The van der Waals surface area contributed by atoms with Crippen LogP contribution < -0.4 is 0 Å². The summed E-state index contributed by atoms with van der Waals surface area (Å²) in [5, 5.41) is 1.88. The van der Waals surface area contributed by atoms with E-state index in [1.807, 2.05) is 0 Å². The highest BCUT2D eigenvalue weighted by Crippen LogP contribution is 2.35. The molecule has 0 amide bonds. The fraction of sp³-hybridized carbons (Fsp3) is 0.250. The molecule has 18 heavy (non-hydrogen) atoms. The Labute approximate surface area is 125 Å². The lowest BCUT2D eigenvalue weighted by Gasteiger charge is -2.21. The third-order valence-electron chi connectivity index (χ3n) is 3.60. The van der Waals surface area contributed by atoms with Crippen LogP contribution >= 0.6 is 31.9 Å². The SMILES string of the molecule is BrCc1ccc2c(c1)CCc1cc(CBr)ccc1-2. The molecule has 2 heteroatoms. The van der Waals surface area contributed by atoms with Gasteiger partial charge in [-0.2, -0.15) is 0 Å². The largest absolute Gasteiger partial charge is 0.0876 e. The maximum absolute atomic E-state index is 3.53. The summed E-state index contributed by atoms with van der Waals surface area (Å²) in [4.78, 5) is 0. The van der Waals surface area contributed by atoms with E-state index >= 15 is 0 Å². The first kappa shape index (κ1) is 12.4. The lowest BCUT2D eigenvalue weighted by Crippen LogP contribution is -2.05. The van der Waals surface area contributed by atoms with Crippen molar-refractivity contribution in [2.24, 2.45) is 0 Å². The molecule has 0 N–H and O–H groups in total. The molecule has 0 heterocycles. The van der Waals surface area contributed by atoms with E-state index < -0.39 is 0 Å². The molecule has 0 aliphatic heterocycles. The van der Waals surface area contributed by atoms with Gasteiger partial charge in [0.1, 0.15) is 0 Å². The Morgan fingerprint density at radius 3 is 1.56 bits per heavy atom. The van der Waals surface area contributed by atoms with Crippen LogP contribution in [0.3, 0.4) is 0 Å². The molecule has 92 valence electrons. The molecule has 0 saturated carbocycles. The maximum atomic E-state index is 3.53. The molecule has 1 aliphatic rings. The van der Waals surface area contributed by atoms with Crippen LogP contribution in [0.1, 0.15) is 22.3 Å². The molecular weight excluding hydrogens is 352 g/mol. The molecule has 2 aromatic carbocycles. The van der Waals surface area contributed by atoms with E-state index in [0.717, 1.165) is 23.5 Å². The van der Waals surface area contributed by atoms with Crippen molar-refractivity contribution in [3.63, 3.8) is 0 Å². The van der Waals surface area contributed by atoms with Gasteiger partial charge in [-0.15, -0.1) is 0 Å². The normalized spacial score (nSPS) is 13.0. The van der Waals surface area contributed by atoms with Crippen molar-refractivity contribution >= 4 is 31.9 Å². The zero-order valence-corrected chi connectivity index (χ0v) is 13.2. The lowest BCUT2D eigenvalue weighted by atomic mass is 9.84. The number of hydrogen-bond acceptors (Lipinski definition) is 0. The van der Waals surface area contributed by atoms with Crippen molar-refractivity contribution in [2.45, 2.75) is 23.5 Å². The van der Waals surface area contributed by atoms with Gasteiger partial charge < -0.3 is 0 Å². The van der Waals surface area contributed by atoms with Crippen molar-refractivity contribution < 1.29 is 0 Å². The van der Waals surface area contributed by atoms with Crippen LogP contribution in [0, 0.1) is 0 Å². The zero-order chi connectivity index (χ0) is 12.5. The van der Waals surface area contributed by atoms with Gasteiger partial charge in [0.25, 0.3) is 0 Å². The van der Waals surface area contributed by atoms with Crippen LogP contribution in [-0.4, -0.2) is 0 Å². The van der Waals surface area contributed by atoms with Gasteiger partial charge in [0, 0.05) is 10.7 Å². The van der Waals surface area contributed by atoms with Crippen LogP contribution in [0.5, 0.6) is 0 Å². The van der Waals surface area contributed by atoms with Crippen LogP contribution in [0.4, 0.5) is 0 Å². The highest BCUT2D eigenvalue weighted by molar-refractivity contribution is 9.08. The van der Waals surface area contributed by atoms with E-state index in [1.54, 1.807) is 0 Å². The minimum Gasteiger partial charge on any atom is -0.0876 e. The molecule has 0 fully saturated rings. The summed E-state index contributed by atoms with van der Waals surface area (Å²) in [6.45, 7) is 0. The summed E-state index contributed by atoms with van der Waals surface area (Å²) in [6, 6.07) is 13.7. The molecular formula is C16H14Br2. The van der Waals surface area contributed by atoms with Crippen molar-refractivity contribution in [3.8, 4) is 11.1 Å². The fourth-order valence-corrected chi connectivity index (χ4v) is 3.37. The van der Waals surface area contributed by atoms with Gasteiger partial charge in [-0.25, -0.2) is 0 Å². The van der Waals surface area contributed by atoms with Gasteiger partial charge in [-0.3, -0.25) is 0 Å². The Bertz CT molecular complexity index is 534. The van der Waals surface area contributed by atoms with Gasteiger partial charge in [-0.05, 0) is 46.2 Å². The summed E-state index contributed by atoms with van der Waals surface area (Å²) in [7, 11) is 0. The van der Waals surface area contributed by atoms with Crippen LogP contribution in [0.25, 0.3) is 11.1 Å². The second kappa shape index (κ2) is 5.18. The first-order valence-electron chi connectivity index (χ1n) is 6.17. The van der Waals surface area contributed by atoms with E-state index in [2.05, 4.69) is 68.3 Å². The van der Waals surface area contributed by atoms with Crippen molar-refractivity contribution in [2.75, 3.05) is 0 Å². The summed E-state index contributed by atoms with van der Waals surface area (Å²) in [5.41, 5.74) is 8.56. The first-order chi connectivity index (χ1) is 8.81. The Morgan fingerprint density at radius 1 is 0.722 bits per heavy atom. The van der Waals surface area contributed by atoms with Gasteiger partial charge in [0.15, 0.2) is 0 Å². The van der Waals surface area contributed by atoms with Crippen molar-refractivity contribution in [1.29, 1.82) is 0 Å². The van der Waals surface area contributed by atoms with E-state index in [9.17, 15) is 0 Å². The average molecular weight is 366 g/mol. The lowest BCUT2D eigenvalue weighted by molar-refractivity contribution is 0.937. The number of aryl methyl sites for hydroxylation is 2. The minimum atomic E-state index is 0.940. The maximum Gasteiger partial charge on any atom is 0.0283 e. The Hall–Kier alpha value is -0.600. The number of hydrogen-bond donors (Lipinski definition) is 0. The number of fused-ring (bicyclic) bond motifs is 3. The molecule has 0 atom stereocenters. The molecule has 0 unspecified atom stereocenters. The first-order valence-corrected chi connectivity index (χ1v) is 8.42. The van der Waals surface area contributed by atoms with Gasteiger partial charge in [0.2, 0.25) is 0 Å². The molecule has 0 radical (unpaired) electrons. The molecule has 0 nitrogen and oxygen atoms in total. The molecule has 0 saturated heterocycles. The molecule has 0 aromatic heterocycles. The number of alkyl halides is 2. The standard InChI is InChI=1S/C16H14Br2/c17-9-11-1-5-15-13(7-11)3-4-14-8-12(10-18)2-6-16(14)15/h1-2,5-8H,3-4,9-10H2. The highest BCUT2D eigenvalue weighted by atomic mass is 79.9. The van der Waals surface area contributed by atoms with Crippen molar-refractivity contribution in [3.05, 3.63) is 58.7 Å². The van der Waals surface area contributed by atoms with Crippen LogP contribution in [0.15, 0.2) is 36.4 Å². The summed E-state index contributed by atoms with van der Waals surface area (Å²) in [5.74, 6) is 0. The van der Waals surface area contributed by atoms with E-state index in [4.69, 9.17) is 0 Å². The quantitative estimate of drug-likeness (QED) is 0.638.